The number of aliphatic carboxylic acids is 1. The summed E-state index contributed by atoms with van der Waals surface area (Å²) in [5.74, 6) is -0.679. The lowest BCUT2D eigenvalue weighted by molar-refractivity contribution is -0.150. The molecule has 6 heteroatoms. The molecule has 0 saturated carbocycles. The molecule has 1 atom stereocenters. The summed E-state index contributed by atoms with van der Waals surface area (Å²) in [5, 5.41) is 11.9. The SMILES string of the molecule is C[C@@H](OCc1ncon1)C(=O)O. The Morgan fingerprint density at radius 3 is 3.17 bits per heavy atom. The summed E-state index contributed by atoms with van der Waals surface area (Å²) in [6.45, 7) is 1.48. The molecule has 12 heavy (non-hydrogen) atoms. The minimum absolute atomic E-state index is 0.0456. The third-order valence-electron chi connectivity index (χ3n) is 1.22. The van der Waals surface area contributed by atoms with Crippen LogP contribution in [0.5, 0.6) is 0 Å². The number of carboxylic acid groups (broad SMARTS) is 1. The molecule has 1 N–H and O–H groups in total. The van der Waals surface area contributed by atoms with Crippen LogP contribution in [0.3, 0.4) is 0 Å². The predicted octanol–water partition coefficient (Wildman–Crippen LogP) is 0.0593. The van der Waals surface area contributed by atoms with Gasteiger partial charge in [-0.05, 0) is 6.92 Å². The van der Waals surface area contributed by atoms with Gasteiger partial charge in [0.05, 0.1) is 0 Å². The second-order valence-electron chi connectivity index (χ2n) is 2.14. The number of rotatable bonds is 4. The maximum Gasteiger partial charge on any atom is 0.332 e. The Balaban J connectivity index is 2.31. The number of carbonyl (C=O) groups is 1. The Bertz CT molecular complexity index is 246. The van der Waals surface area contributed by atoms with Gasteiger partial charge in [0.25, 0.3) is 0 Å². The molecule has 1 aromatic heterocycles. The number of ether oxygens (including phenoxy) is 1. The van der Waals surface area contributed by atoms with Crippen molar-refractivity contribution in [2.24, 2.45) is 0 Å². The van der Waals surface area contributed by atoms with E-state index in [2.05, 4.69) is 14.7 Å². The van der Waals surface area contributed by atoms with Crippen molar-refractivity contribution in [3.05, 3.63) is 12.2 Å². The van der Waals surface area contributed by atoms with E-state index in [0.29, 0.717) is 5.82 Å². The topological polar surface area (TPSA) is 85.5 Å². The largest absolute Gasteiger partial charge is 0.479 e. The molecular formula is C6H8N2O4. The zero-order chi connectivity index (χ0) is 8.97. The van der Waals surface area contributed by atoms with Crippen molar-refractivity contribution in [1.82, 2.24) is 10.1 Å². The summed E-state index contributed by atoms with van der Waals surface area (Å²) in [6, 6.07) is 0. The molecule has 0 bridgehead atoms. The smallest absolute Gasteiger partial charge is 0.332 e. The highest BCUT2D eigenvalue weighted by Gasteiger charge is 2.11. The molecule has 0 saturated heterocycles. The van der Waals surface area contributed by atoms with Crippen LogP contribution in [0.25, 0.3) is 0 Å². The molecule has 0 aliphatic heterocycles. The first kappa shape index (κ1) is 8.66. The third kappa shape index (κ3) is 2.31. The summed E-state index contributed by atoms with van der Waals surface area (Å²) >= 11 is 0. The van der Waals surface area contributed by atoms with Gasteiger partial charge >= 0.3 is 5.97 Å². The third-order valence-corrected chi connectivity index (χ3v) is 1.22. The Hall–Kier alpha value is -1.43. The van der Waals surface area contributed by atoms with Gasteiger partial charge in [0, 0.05) is 0 Å². The molecule has 0 amide bonds. The second kappa shape index (κ2) is 3.82. The molecule has 6 nitrogen and oxygen atoms in total. The van der Waals surface area contributed by atoms with E-state index in [0.717, 1.165) is 6.39 Å². The highest BCUT2D eigenvalue weighted by Crippen LogP contribution is 1.97. The molecular weight excluding hydrogens is 164 g/mol. The van der Waals surface area contributed by atoms with Crippen molar-refractivity contribution in [2.75, 3.05) is 0 Å². The Morgan fingerprint density at radius 2 is 2.67 bits per heavy atom. The first-order chi connectivity index (χ1) is 5.70. The van der Waals surface area contributed by atoms with Gasteiger partial charge in [0.1, 0.15) is 6.61 Å². The standard InChI is InChI=1S/C6H8N2O4/c1-4(6(9)10)11-2-5-7-3-12-8-5/h3-4H,2H2,1H3,(H,9,10)/t4-/m1/s1. The number of carboxylic acids is 1. The number of aromatic nitrogens is 2. The first-order valence-corrected chi connectivity index (χ1v) is 3.30. The van der Waals surface area contributed by atoms with Gasteiger partial charge in [0.15, 0.2) is 11.9 Å². The molecule has 0 aliphatic carbocycles. The maximum absolute atomic E-state index is 10.3. The molecule has 1 rings (SSSR count). The number of nitrogens with zero attached hydrogens (tertiary/aromatic N) is 2. The Labute approximate surface area is 68.1 Å². The fourth-order valence-corrected chi connectivity index (χ4v) is 0.527. The van der Waals surface area contributed by atoms with Gasteiger partial charge in [-0.15, -0.1) is 0 Å². The fraction of sp³-hybridized carbons (Fsp3) is 0.500. The van der Waals surface area contributed by atoms with Crippen molar-refractivity contribution in [3.63, 3.8) is 0 Å². The highest BCUT2D eigenvalue weighted by atomic mass is 16.5. The van der Waals surface area contributed by atoms with E-state index in [1.165, 1.54) is 6.92 Å². The number of hydrogen-bond donors (Lipinski definition) is 1. The monoisotopic (exact) mass is 172 g/mol. The normalized spacial score (nSPS) is 12.8. The van der Waals surface area contributed by atoms with Crippen LogP contribution in [0.1, 0.15) is 12.7 Å². The summed E-state index contributed by atoms with van der Waals surface area (Å²) in [7, 11) is 0. The van der Waals surface area contributed by atoms with Crippen LogP contribution in [0.2, 0.25) is 0 Å². The lowest BCUT2D eigenvalue weighted by Crippen LogP contribution is -2.19. The van der Waals surface area contributed by atoms with E-state index in [4.69, 9.17) is 9.84 Å². The van der Waals surface area contributed by atoms with Crippen LogP contribution in [-0.4, -0.2) is 27.3 Å². The summed E-state index contributed by atoms with van der Waals surface area (Å²) < 4.78 is 9.28. The molecule has 0 radical (unpaired) electrons. The lowest BCUT2D eigenvalue weighted by Gasteiger charge is -2.04. The van der Waals surface area contributed by atoms with E-state index in [-0.39, 0.29) is 6.61 Å². The summed E-state index contributed by atoms with van der Waals surface area (Å²) in [4.78, 5) is 13.9. The van der Waals surface area contributed by atoms with Crippen molar-refractivity contribution < 1.29 is 19.2 Å². The van der Waals surface area contributed by atoms with Crippen LogP contribution in [-0.2, 0) is 16.1 Å². The molecule has 0 spiro atoms. The zero-order valence-corrected chi connectivity index (χ0v) is 6.43. The summed E-state index contributed by atoms with van der Waals surface area (Å²) in [6.07, 6.45) is 0.299. The van der Waals surface area contributed by atoms with E-state index in [9.17, 15) is 4.79 Å². The van der Waals surface area contributed by atoms with Gasteiger partial charge in [0.2, 0.25) is 6.39 Å². The second-order valence-corrected chi connectivity index (χ2v) is 2.14. The van der Waals surface area contributed by atoms with Crippen LogP contribution < -0.4 is 0 Å². The van der Waals surface area contributed by atoms with Crippen LogP contribution in [0.15, 0.2) is 10.9 Å². The minimum atomic E-state index is -1.02. The average Bonchev–Trinajstić information content (AvgIpc) is 2.51. The van der Waals surface area contributed by atoms with Crippen molar-refractivity contribution >= 4 is 5.97 Å². The van der Waals surface area contributed by atoms with Gasteiger partial charge < -0.3 is 14.4 Å². The maximum atomic E-state index is 10.3. The van der Waals surface area contributed by atoms with Crippen LogP contribution in [0, 0.1) is 0 Å². The van der Waals surface area contributed by atoms with Crippen LogP contribution in [0.4, 0.5) is 0 Å². The fourth-order valence-electron chi connectivity index (χ4n) is 0.527. The summed E-state index contributed by atoms with van der Waals surface area (Å²) in [5.41, 5.74) is 0. The molecule has 0 aromatic carbocycles. The zero-order valence-electron chi connectivity index (χ0n) is 6.43. The van der Waals surface area contributed by atoms with Crippen molar-refractivity contribution in [1.29, 1.82) is 0 Å². The van der Waals surface area contributed by atoms with Gasteiger partial charge in [-0.3, -0.25) is 0 Å². The van der Waals surface area contributed by atoms with Crippen molar-refractivity contribution in [3.8, 4) is 0 Å². The first-order valence-electron chi connectivity index (χ1n) is 3.30. The molecule has 0 unspecified atom stereocenters. The minimum Gasteiger partial charge on any atom is -0.479 e. The van der Waals surface area contributed by atoms with E-state index in [1.807, 2.05) is 0 Å². The molecule has 0 aliphatic rings. The lowest BCUT2D eigenvalue weighted by atomic mass is 10.4. The molecule has 1 aromatic rings. The van der Waals surface area contributed by atoms with E-state index < -0.39 is 12.1 Å². The predicted molar refractivity (Wildman–Crippen MR) is 36.2 cm³/mol. The number of hydrogen-bond acceptors (Lipinski definition) is 5. The van der Waals surface area contributed by atoms with Crippen molar-refractivity contribution in [2.45, 2.75) is 19.6 Å². The quantitative estimate of drug-likeness (QED) is 0.691. The molecule has 0 fully saturated rings. The molecule has 66 valence electrons. The molecule has 1 heterocycles. The van der Waals surface area contributed by atoms with E-state index >= 15 is 0 Å². The Kier molecular flexibility index (Phi) is 2.76. The van der Waals surface area contributed by atoms with Gasteiger partial charge in [-0.1, -0.05) is 5.16 Å². The van der Waals surface area contributed by atoms with Crippen LogP contribution >= 0.6 is 0 Å². The van der Waals surface area contributed by atoms with Gasteiger partial charge in [-0.25, -0.2) is 4.79 Å². The van der Waals surface area contributed by atoms with E-state index in [1.54, 1.807) is 0 Å². The van der Waals surface area contributed by atoms with Gasteiger partial charge in [-0.2, -0.15) is 4.98 Å². The average molecular weight is 172 g/mol. The Morgan fingerprint density at radius 1 is 1.92 bits per heavy atom. The highest BCUT2D eigenvalue weighted by molar-refractivity contribution is 5.71.